The van der Waals surface area contributed by atoms with Crippen molar-refractivity contribution >= 4 is 10.0 Å². The number of sulfonamides is 1. The fraction of sp³-hybridized carbons (Fsp3) is 1.00. The second-order valence-electron chi connectivity index (χ2n) is 3.86. The van der Waals surface area contributed by atoms with Gasteiger partial charge in [0.2, 0.25) is 10.0 Å². The summed E-state index contributed by atoms with van der Waals surface area (Å²) in [4.78, 5) is 0. The van der Waals surface area contributed by atoms with E-state index >= 15 is 0 Å². The molecule has 0 bridgehead atoms. The van der Waals surface area contributed by atoms with Gasteiger partial charge in [-0.05, 0) is 19.8 Å². The van der Waals surface area contributed by atoms with Crippen LogP contribution in [0.5, 0.6) is 0 Å². The molecule has 0 radical (unpaired) electrons. The Morgan fingerprint density at radius 2 is 2.13 bits per heavy atom. The molecule has 0 saturated heterocycles. The van der Waals surface area contributed by atoms with E-state index in [9.17, 15) is 8.42 Å². The molecule has 0 heterocycles. The SMILES string of the molecule is CCCS(=O)(=O)NC1C(N)CC1OCC. The van der Waals surface area contributed by atoms with Gasteiger partial charge in [-0.25, -0.2) is 13.1 Å². The Morgan fingerprint density at radius 3 is 2.60 bits per heavy atom. The maximum Gasteiger partial charge on any atom is 0.211 e. The Balaban J connectivity index is 2.49. The summed E-state index contributed by atoms with van der Waals surface area (Å²) < 4.78 is 31.0. The van der Waals surface area contributed by atoms with E-state index in [-0.39, 0.29) is 23.9 Å². The van der Waals surface area contributed by atoms with Crippen LogP contribution in [0.1, 0.15) is 26.7 Å². The van der Waals surface area contributed by atoms with Crippen LogP contribution < -0.4 is 10.5 Å². The summed E-state index contributed by atoms with van der Waals surface area (Å²) in [5, 5.41) is 0. The van der Waals surface area contributed by atoms with E-state index in [0.29, 0.717) is 13.0 Å². The predicted octanol–water partition coefficient (Wildman–Crippen LogP) is -0.179. The van der Waals surface area contributed by atoms with Crippen LogP contribution in [0.4, 0.5) is 0 Å². The van der Waals surface area contributed by atoms with Crippen molar-refractivity contribution in [3.8, 4) is 0 Å². The third-order valence-corrected chi connectivity index (χ3v) is 4.11. The lowest BCUT2D eigenvalue weighted by molar-refractivity contribution is -0.0248. The van der Waals surface area contributed by atoms with Gasteiger partial charge >= 0.3 is 0 Å². The van der Waals surface area contributed by atoms with Crippen LogP contribution in [0.25, 0.3) is 0 Å². The van der Waals surface area contributed by atoms with E-state index in [4.69, 9.17) is 10.5 Å². The Hall–Kier alpha value is -0.170. The van der Waals surface area contributed by atoms with Crippen LogP contribution in [0.2, 0.25) is 0 Å². The molecular formula is C9H20N2O3S. The van der Waals surface area contributed by atoms with Crippen LogP contribution in [-0.2, 0) is 14.8 Å². The van der Waals surface area contributed by atoms with Gasteiger partial charge in [0.1, 0.15) is 0 Å². The van der Waals surface area contributed by atoms with Gasteiger partial charge in [-0.2, -0.15) is 0 Å². The average molecular weight is 236 g/mol. The zero-order chi connectivity index (χ0) is 11.5. The minimum Gasteiger partial charge on any atom is -0.377 e. The van der Waals surface area contributed by atoms with Crippen LogP contribution in [-0.4, -0.2) is 39.0 Å². The van der Waals surface area contributed by atoms with Gasteiger partial charge < -0.3 is 10.5 Å². The molecule has 3 N–H and O–H groups in total. The third kappa shape index (κ3) is 3.41. The molecule has 1 aliphatic rings. The molecular weight excluding hydrogens is 216 g/mol. The molecule has 0 aliphatic heterocycles. The van der Waals surface area contributed by atoms with Crippen molar-refractivity contribution < 1.29 is 13.2 Å². The molecule has 1 saturated carbocycles. The van der Waals surface area contributed by atoms with Gasteiger partial charge in [0.15, 0.2) is 0 Å². The Bertz CT molecular complexity index is 290. The first-order valence-corrected chi connectivity index (χ1v) is 7.02. The molecule has 3 atom stereocenters. The van der Waals surface area contributed by atoms with E-state index in [0.717, 1.165) is 6.42 Å². The minimum absolute atomic E-state index is 0.0587. The monoisotopic (exact) mass is 236 g/mol. The molecule has 0 amide bonds. The summed E-state index contributed by atoms with van der Waals surface area (Å²) in [6, 6.07) is -0.366. The van der Waals surface area contributed by atoms with Crippen molar-refractivity contribution in [2.24, 2.45) is 5.73 Å². The molecule has 6 heteroatoms. The first-order valence-electron chi connectivity index (χ1n) is 5.37. The summed E-state index contributed by atoms with van der Waals surface area (Å²) in [6.45, 7) is 4.31. The Morgan fingerprint density at radius 1 is 1.47 bits per heavy atom. The highest BCUT2D eigenvalue weighted by Gasteiger charge is 2.41. The summed E-state index contributed by atoms with van der Waals surface area (Å²) in [5.41, 5.74) is 5.74. The zero-order valence-corrected chi connectivity index (χ0v) is 10.1. The molecule has 5 nitrogen and oxygen atoms in total. The lowest BCUT2D eigenvalue weighted by Gasteiger charge is -2.42. The van der Waals surface area contributed by atoms with Crippen molar-refractivity contribution in [1.82, 2.24) is 4.72 Å². The minimum atomic E-state index is -3.19. The summed E-state index contributed by atoms with van der Waals surface area (Å²) >= 11 is 0. The number of ether oxygens (including phenoxy) is 1. The highest BCUT2D eigenvalue weighted by atomic mass is 32.2. The van der Waals surface area contributed by atoms with E-state index in [1.54, 1.807) is 0 Å². The molecule has 1 aliphatic carbocycles. The second-order valence-corrected chi connectivity index (χ2v) is 5.73. The highest BCUT2D eigenvalue weighted by Crippen LogP contribution is 2.23. The second kappa shape index (κ2) is 5.25. The van der Waals surface area contributed by atoms with E-state index in [1.807, 2.05) is 13.8 Å². The quantitative estimate of drug-likeness (QED) is 0.670. The first-order chi connectivity index (χ1) is 7.00. The number of nitrogens with one attached hydrogen (secondary N) is 1. The topological polar surface area (TPSA) is 81.4 Å². The van der Waals surface area contributed by atoms with Crippen LogP contribution in [0.3, 0.4) is 0 Å². The molecule has 0 aromatic heterocycles. The van der Waals surface area contributed by atoms with Gasteiger partial charge in [0, 0.05) is 12.6 Å². The molecule has 0 aromatic carbocycles. The lowest BCUT2D eigenvalue weighted by Crippen LogP contribution is -2.64. The van der Waals surface area contributed by atoms with Crippen LogP contribution in [0, 0.1) is 0 Å². The molecule has 1 rings (SSSR count). The maximum absolute atomic E-state index is 11.5. The van der Waals surface area contributed by atoms with E-state index in [2.05, 4.69) is 4.72 Å². The van der Waals surface area contributed by atoms with E-state index < -0.39 is 10.0 Å². The molecule has 90 valence electrons. The predicted molar refractivity (Wildman–Crippen MR) is 59.0 cm³/mol. The number of hydrogen-bond acceptors (Lipinski definition) is 4. The summed E-state index contributed by atoms with van der Waals surface area (Å²) in [6.07, 6.45) is 1.28. The normalized spacial score (nSPS) is 31.3. The van der Waals surface area contributed by atoms with Gasteiger partial charge in [-0.3, -0.25) is 0 Å². The van der Waals surface area contributed by atoms with Crippen molar-refractivity contribution in [1.29, 1.82) is 0 Å². The lowest BCUT2D eigenvalue weighted by atomic mass is 9.84. The molecule has 0 spiro atoms. The fourth-order valence-electron chi connectivity index (χ4n) is 1.73. The van der Waals surface area contributed by atoms with Crippen LogP contribution >= 0.6 is 0 Å². The largest absolute Gasteiger partial charge is 0.377 e. The van der Waals surface area contributed by atoms with E-state index in [1.165, 1.54) is 0 Å². The van der Waals surface area contributed by atoms with Gasteiger partial charge in [0.25, 0.3) is 0 Å². The molecule has 1 fully saturated rings. The van der Waals surface area contributed by atoms with Gasteiger partial charge in [-0.15, -0.1) is 0 Å². The maximum atomic E-state index is 11.5. The summed E-state index contributed by atoms with van der Waals surface area (Å²) in [5.74, 6) is 0.148. The van der Waals surface area contributed by atoms with Crippen LogP contribution in [0.15, 0.2) is 0 Å². The van der Waals surface area contributed by atoms with Crippen molar-refractivity contribution in [2.75, 3.05) is 12.4 Å². The standard InChI is InChI=1S/C9H20N2O3S/c1-3-5-15(12,13)11-9-7(10)6-8(9)14-4-2/h7-9,11H,3-6,10H2,1-2H3. The summed E-state index contributed by atoms with van der Waals surface area (Å²) in [7, 11) is -3.19. The van der Waals surface area contributed by atoms with Gasteiger partial charge in [0.05, 0.1) is 17.9 Å². The Labute approximate surface area is 91.4 Å². The Kier molecular flexibility index (Phi) is 4.51. The smallest absolute Gasteiger partial charge is 0.211 e. The molecule has 15 heavy (non-hydrogen) atoms. The number of rotatable bonds is 6. The average Bonchev–Trinajstić information content (AvgIpc) is 2.15. The van der Waals surface area contributed by atoms with Crippen molar-refractivity contribution in [2.45, 2.75) is 44.9 Å². The first kappa shape index (κ1) is 12.9. The molecule has 0 aromatic rings. The fourth-order valence-corrected chi connectivity index (χ4v) is 3.12. The van der Waals surface area contributed by atoms with Crippen molar-refractivity contribution in [3.05, 3.63) is 0 Å². The number of hydrogen-bond donors (Lipinski definition) is 2. The number of nitrogens with two attached hydrogens (primary N) is 1. The third-order valence-electron chi connectivity index (χ3n) is 2.54. The van der Waals surface area contributed by atoms with Gasteiger partial charge in [-0.1, -0.05) is 6.92 Å². The zero-order valence-electron chi connectivity index (χ0n) is 9.27. The highest BCUT2D eigenvalue weighted by molar-refractivity contribution is 7.89. The molecule has 3 unspecified atom stereocenters. The van der Waals surface area contributed by atoms with Crippen molar-refractivity contribution in [3.63, 3.8) is 0 Å².